The Hall–Kier alpha value is -4.64. The predicted molar refractivity (Wildman–Crippen MR) is 110 cm³/mol. The number of ether oxygens (including phenoxy) is 1. The zero-order valence-corrected chi connectivity index (χ0v) is 15.3. The van der Waals surface area contributed by atoms with Crippen molar-refractivity contribution in [2.24, 2.45) is 4.99 Å². The number of aromatic nitrogens is 2. The summed E-state index contributed by atoms with van der Waals surface area (Å²) in [4.78, 5) is 40.8. The molecule has 3 aromatic rings. The van der Waals surface area contributed by atoms with Crippen LogP contribution in [0.4, 0.5) is 5.69 Å². The topological polar surface area (TPSA) is 114 Å². The number of carboxylic acids is 1. The molecule has 0 aliphatic carbocycles. The molecule has 2 N–H and O–H groups in total. The average molecular weight is 399 g/mol. The van der Waals surface area contributed by atoms with Gasteiger partial charge in [0.2, 0.25) is 0 Å². The molecular formula is C22H13N3O5. The Bertz CT molecular complexity index is 1330. The first-order valence-electron chi connectivity index (χ1n) is 8.70. The van der Waals surface area contributed by atoms with Crippen LogP contribution in [-0.2, 0) is 4.74 Å². The number of terminal acetylenes is 1. The Morgan fingerprint density at radius 1 is 1.17 bits per heavy atom. The van der Waals surface area contributed by atoms with Crippen molar-refractivity contribution in [2.45, 2.75) is 0 Å². The molecule has 8 heteroatoms. The summed E-state index contributed by atoms with van der Waals surface area (Å²) in [5, 5.41) is 11.7. The SMILES string of the molecule is C#COC(=O)c1[nH]n(-c2ccc(C(=O)O)cc2)c(=O)c1C=C1C=Nc2ccccc21. The van der Waals surface area contributed by atoms with Gasteiger partial charge < -0.3 is 9.84 Å². The van der Waals surface area contributed by atoms with E-state index in [1.54, 1.807) is 12.3 Å². The van der Waals surface area contributed by atoms with E-state index in [1.807, 2.05) is 24.3 Å². The molecule has 1 aliphatic heterocycles. The highest BCUT2D eigenvalue weighted by Crippen LogP contribution is 2.32. The minimum atomic E-state index is -1.09. The third-order valence-electron chi connectivity index (χ3n) is 4.51. The lowest BCUT2D eigenvalue weighted by atomic mass is 10.0. The average Bonchev–Trinajstić information content (AvgIpc) is 3.30. The Balaban J connectivity index is 1.86. The number of aromatic amines is 1. The number of allylic oxidation sites excluding steroid dienone is 1. The summed E-state index contributed by atoms with van der Waals surface area (Å²) in [5.41, 5.74) is 1.97. The second-order valence-corrected chi connectivity index (χ2v) is 6.28. The first kappa shape index (κ1) is 18.7. The molecule has 0 saturated carbocycles. The van der Waals surface area contributed by atoms with Crippen LogP contribution in [0, 0.1) is 12.5 Å². The summed E-state index contributed by atoms with van der Waals surface area (Å²) in [5.74, 6) is -1.99. The minimum absolute atomic E-state index is 0.0377. The summed E-state index contributed by atoms with van der Waals surface area (Å²) in [6.07, 6.45) is 9.99. The second-order valence-electron chi connectivity index (χ2n) is 6.28. The third kappa shape index (κ3) is 3.21. The highest BCUT2D eigenvalue weighted by molar-refractivity contribution is 6.21. The molecule has 146 valence electrons. The Kier molecular flexibility index (Phi) is 4.62. The van der Waals surface area contributed by atoms with E-state index in [0.717, 1.165) is 15.9 Å². The molecule has 8 nitrogen and oxygen atoms in total. The van der Waals surface area contributed by atoms with Gasteiger partial charge in [-0.25, -0.2) is 14.3 Å². The van der Waals surface area contributed by atoms with Gasteiger partial charge in [-0.3, -0.25) is 14.9 Å². The zero-order chi connectivity index (χ0) is 21.3. The number of H-pyrrole nitrogens is 1. The van der Waals surface area contributed by atoms with Crippen molar-refractivity contribution >= 4 is 35.5 Å². The number of hydrogen-bond acceptors (Lipinski definition) is 5. The van der Waals surface area contributed by atoms with Gasteiger partial charge in [-0.2, -0.15) is 0 Å². The van der Waals surface area contributed by atoms with Gasteiger partial charge >= 0.3 is 11.9 Å². The summed E-state index contributed by atoms with van der Waals surface area (Å²) < 4.78 is 5.74. The molecule has 0 saturated heterocycles. The van der Waals surface area contributed by atoms with Crippen molar-refractivity contribution in [3.05, 3.63) is 81.3 Å². The van der Waals surface area contributed by atoms with Crippen LogP contribution in [0.3, 0.4) is 0 Å². The summed E-state index contributed by atoms with van der Waals surface area (Å²) >= 11 is 0. The number of fused-ring (bicyclic) bond motifs is 1. The molecule has 2 aromatic carbocycles. The monoisotopic (exact) mass is 399 g/mol. The smallest absolute Gasteiger partial charge is 0.370 e. The Labute approximate surface area is 169 Å². The molecule has 2 heterocycles. The molecule has 0 atom stereocenters. The molecule has 0 amide bonds. The van der Waals surface area contributed by atoms with E-state index in [2.05, 4.69) is 14.8 Å². The molecular weight excluding hydrogens is 386 g/mol. The van der Waals surface area contributed by atoms with E-state index in [1.165, 1.54) is 30.3 Å². The Morgan fingerprint density at radius 3 is 2.60 bits per heavy atom. The van der Waals surface area contributed by atoms with Crippen LogP contribution in [0.15, 0.2) is 58.3 Å². The van der Waals surface area contributed by atoms with E-state index >= 15 is 0 Å². The van der Waals surface area contributed by atoms with Gasteiger partial charge in [-0.15, -0.1) is 0 Å². The van der Waals surface area contributed by atoms with Gasteiger partial charge in [-0.05, 0) is 36.4 Å². The number of aromatic carboxylic acids is 1. The van der Waals surface area contributed by atoms with Crippen LogP contribution in [-0.4, -0.2) is 33.0 Å². The van der Waals surface area contributed by atoms with E-state index < -0.39 is 17.5 Å². The molecule has 1 aliphatic rings. The van der Waals surface area contributed by atoms with Crippen LogP contribution in [0.2, 0.25) is 0 Å². The molecule has 0 bridgehead atoms. The maximum Gasteiger partial charge on any atom is 0.370 e. The quantitative estimate of drug-likeness (QED) is 0.517. The van der Waals surface area contributed by atoms with Crippen LogP contribution in [0.5, 0.6) is 0 Å². The molecule has 0 unspecified atom stereocenters. The summed E-state index contributed by atoms with van der Waals surface area (Å²) in [6, 6.07) is 13.0. The normalized spacial score (nSPS) is 13.1. The van der Waals surface area contributed by atoms with Gasteiger partial charge in [-0.1, -0.05) is 24.6 Å². The maximum absolute atomic E-state index is 13.1. The number of hydrogen-bond donors (Lipinski definition) is 2. The lowest BCUT2D eigenvalue weighted by Gasteiger charge is -2.02. The Morgan fingerprint density at radius 2 is 1.90 bits per heavy atom. The molecule has 1 aromatic heterocycles. The fraction of sp³-hybridized carbons (Fsp3) is 0. The van der Waals surface area contributed by atoms with Crippen LogP contribution in [0.25, 0.3) is 17.3 Å². The fourth-order valence-electron chi connectivity index (χ4n) is 3.09. The number of aliphatic imine (C=N–C) groups is 1. The van der Waals surface area contributed by atoms with Crippen molar-refractivity contribution < 1.29 is 19.4 Å². The van der Waals surface area contributed by atoms with Gasteiger partial charge in [0.1, 0.15) is 6.11 Å². The highest BCUT2D eigenvalue weighted by atomic mass is 16.5. The van der Waals surface area contributed by atoms with Gasteiger partial charge in [0.25, 0.3) is 5.56 Å². The maximum atomic E-state index is 13.1. The van der Waals surface area contributed by atoms with Gasteiger partial charge in [0, 0.05) is 17.4 Å². The van der Waals surface area contributed by atoms with E-state index in [-0.39, 0.29) is 16.8 Å². The molecule has 0 fully saturated rings. The third-order valence-corrected chi connectivity index (χ3v) is 4.51. The first-order valence-corrected chi connectivity index (χ1v) is 8.70. The van der Waals surface area contributed by atoms with E-state index in [4.69, 9.17) is 11.5 Å². The van der Waals surface area contributed by atoms with Crippen LogP contribution in [0.1, 0.15) is 32.0 Å². The molecule has 0 spiro atoms. The number of nitrogens with one attached hydrogen (secondary N) is 1. The van der Waals surface area contributed by atoms with Crippen molar-refractivity contribution in [3.63, 3.8) is 0 Å². The number of para-hydroxylation sites is 1. The fourth-order valence-corrected chi connectivity index (χ4v) is 3.09. The number of benzene rings is 2. The van der Waals surface area contributed by atoms with E-state index in [9.17, 15) is 14.4 Å². The largest absolute Gasteiger partial charge is 0.478 e. The number of carbonyl (C=O) groups is 2. The number of nitrogens with zero attached hydrogens (tertiary/aromatic N) is 2. The van der Waals surface area contributed by atoms with Crippen molar-refractivity contribution in [2.75, 3.05) is 0 Å². The summed E-state index contributed by atoms with van der Waals surface area (Å²) in [7, 11) is 0. The van der Waals surface area contributed by atoms with E-state index in [0.29, 0.717) is 11.3 Å². The van der Waals surface area contributed by atoms with Crippen LogP contribution >= 0.6 is 0 Å². The number of rotatable bonds is 4. The van der Waals surface area contributed by atoms with Crippen LogP contribution < -0.4 is 5.56 Å². The van der Waals surface area contributed by atoms with Crippen molar-refractivity contribution in [3.8, 4) is 18.2 Å². The van der Waals surface area contributed by atoms with Gasteiger partial charge in [0.15, 0.2) is 5.69 Å². The number of carbonyl (C=O) groups excluding carboxylic acids is 1. The molecule has 4 rings (SSSR count). The van der Waals surface area contributed by atoms with Gasteiger partial charge in [0.05, 0.1) is 22.5 Å². The molecule has 30 heavy (non-hydrogen) atoms. The van der Waals surface area contributed by atoms with Crippen molar-refractivity contribution in [1.29, 1.82) is 0 Å². The lowest BCUT2D eigenvalue weighted by molar-refractivity contribution is 0.0678. The number of carboxylic acid groups (broad SMARTS) is 1. The summed E-state index contributed by atoms with van der Waals surface area (Å²) in [6.45, 7) is 0. The second kappa shape index (κ2) is 7.41. The minimum Gasteiger partial charge on any atom is -0.478 e. The lowest BCUT2D eigenvalue weighted by Crippen LogP contribution is -2.16. The first-order chi connectivity index (χ1) is 14.5. The van der Waals surface area contributed by atoms with Crippen molar-refractivity contribution in [1.82, 2.24) is 9.78 Å². The standard InChI is InChI=1S/C22H13N3O5/c1-2-30-22(29)19-17(11-14-12-23-18-6-4-3-5-16(14)18)20(26)25(24-19)15-9-7-13(8-10-15)21(27)28/h1,3-12,24H,(H,27,28). The predicted octanol–water partition coefficient (Wildman–Crippen LogP) is 2.87. The highest BCUT2D eigenvalue weighted by Gasteiger charge is 2.22. The molecule has 0 radical (unpaired) electrons. The zero-order valence-electron chi connectivity index (χ0n) is 15.3. The number of esters is 1.